The number of aromatic nitrogens is 6. The molecule has 0 aromatic carbocycles. The molecule has 1 aliphatic rings. The predicted molar refractivity (Wildman–Crippen MR) is 111 cm³/mol. The summed E-state index contributed by atoms with van der Waals surface area (Å²) < 4.78 is 3.08. The topological polar surface area (TPSA) is 102 Å². The van der Waals surface area contributed by atoms with Gasteiger partial charge < -0.3 is 9.80 Å². The number of carbonyl (C=O) groups is 1. The van der Waals surface area contributed by atoms with Crippen LogP contribution in [0.4, 0.5) is 5.82 Å². The van der Waals surface area contributed by atoms with Crippen LogP contribution in [0.3, 0.4) is 0 Å². The highest BCUT2D eigenvalue weighted by Crippen LogP contribution is 2.17. The SMILES string of the molecule is Cc1nc(N2CCN(C(=O)Cn3cnc(C)c(C)c3=O)CC2)cc(-n2cccn2)n1. The van der Waals surface area contributed by atoms with Crippen LogP contribution in [0.15, 0.2) is 35.6 Å². The van der Waals surface area contributed by atoms with Gasteiger partial charge in [-0.15, -0.1) is 0 Å². The van der Waals surface area contributed by atoms with Crippen LogP contribution in [0.1, 0.15) is 17.1 Å². The number of amides is 1. The fourth-order valence-corrected chi connectivity index (χ4v) is 3.44. The largest absolute Gasteiger partial charge is 0.353 e. The molecule has 1 fully saturated rings. The third-order valence-electron chi connectivity index (χ3n) is 5.33. The molecule has 1 saturated heterocycles. The van der Waals surface area contributed by atoms with Gasteiger partial charge in [-0.2, -0.15) is 5.10 Å². The molecule has 4 heterocycles. The van der Waals surface area contributed by atoms with Gasteiger partial charge in [0.25, 0.3) is 5.56 Å². The Morgan fingerprint density at radius 1 is 1.07 bits per heavy atom. The number of piperazine rings is 1. The first-order valence-electron chi connectivity index (χ1n) is 9.83. The van der Waals surface area contributed by atoms with Crippen molar-refractivity contribution in [3.05, 3.63) is 58.3 Å². The van der Waals surface area contributed by atoms with Crippen LogP contribution in [0.5, 0.6) is 0 Å². The summed E-state index contributed by atoms with van der Waals surface area (Å²) in [6.45, 7) is 7.80. The van der Waals surface area contributed by atoms with E-state index in [4.69, 9.17) is 0 Å². The number of aryl methyl sites for hydroxylation is 2. The maximum absolute atomic E-state index is 12.7. The fraction of sp³-hybridized carbons (Fsp3) is 0.400. The summed E-state index contributed by atoms with van der Waals surface area (Å²) in [5.74, 6) is 2.10. The third kappa shape index (κ3) is 3.93. The predicted octanol–water partition coefficient (Wildman–Crippen LogP) is 0.493. The fourth-order valence-electron chi connectivity index (χ4n) is 3.44. The summed E-state index contributed by atoms with van der Waals surface area (Å²) in [4.78, 5) is 42.1. The van der Waals surface area contributed by atoms with Gasteiger partial charge in [-0.25, -0.2) is 19.6 Å². The molecule has 1 aliphatic heterocycles. The van der Waals surface area contributed by atoms with Crippen LogP contribution in [-0.4, -0.2) is 66.3 Å². The lowest BCUT2D eigenvalue weighted by Crippen LogP contribution is -2.50. The van der Waals surface area contributed by atoms with E-state index in [1.807, 2.05) is 25.3 Å². The van der Waals surface area contributed by atoms with E-state index in [2.05, 4.69) is 25.0 Å². The van der Waals surface area contributed by atoms with Crippen molar-refractivity contribution in [1.29, 1.82) is 0 Å². The maximum Gasteiger partial charge on any atom is 0.256 e. The van der Waals surface area contributed by atoms with E-state index in [1.165, 1.54) is 10.9 Å². The summed E-state index contributed by atoms with van der Waals surface area (Å²) in [5.41, 5.74) is 1.09. The highest BCUT2D eigenvalue weighted by Gasteiger charge is 2.23. The van der Waals surface area contributed by atoms with Crippen molar-refractivity contribution >= 4 is 11.7 Å². The van der Waals surface area contributed by atoms with E-state index in [0.29, 0.717) is 49.1 Å². The minimum Gasteiger partial charge on any atom is -0.353 e. The van der Waals surface area contributed by atoms with Crippen molar-refractivity contribution in [3.8, 4) is 5.82 Å². The van der Waals surface area contributed by atoms with E-state index in [0.717, 1.165) is 5.82 Å². The molecule has 0 saturated carbocycles. The third-order valence-corrected chi connectivity index (χ3v) is 5.33. The molecule has 1 amide bonds. The van der Waals surface area contributed by atoms with E-state index in [1.54, 1.807) is 29.6 Å². The van der Waals surface area contributed by atoms with Crippen molar-refractivity contribution in [2.75, 3.05) is 31.1 Å². The average molecular weight is 408 g/mol. The molecule has 3 aromatic rings. The molecule has 0 spiro atoms. The van der Waals surface area contributed by atoms with Gasteiger partial charge in [-0.3, -0.25) is 14.2 Å². The van der Waals surface area contributed by atoms with Crippen LogP contribution >= 0.6 is 0 Å². The Morgan fingerprint density at radius 3 is 2.50 bits per heavy atom. The van der Waals surface area contributed by atoms with Gasteiger partial charge in [-0.05, 0) is 26.8 Å². The Hall–Kier alpha value is -3.56. The Morgan fingerprint density at radius 2 is 1.80 bits per heavy atom. The lowest BCUT2D eigenvalue weighted by molar-refractivity contribution is -0.132. The first-order valence-corrected chi connectivity index (χ1v) is 9.83. The second-order valence-electron chi connectivity index (χ2n) is 7.34. The summed E-state index contributed by atoms with van der Waals surface area (Å²) in [6.07, 6.45) is 4.99. The quantitative estimate of drug-likeness (QED) is 0.619. The number of carbonyl (C=O) groups excluding carboxylic acids is 1. The van der Waals surface area contributed by atoms with Gasteiger partial charge in [0.05, 0.1) is 6.33 Å². The van der Waals surface area contributed by atoms with Crippen LogP contribution in [0.25, 0.3) is 5.82 Å². The van der Waals surface area contributed by atoms with Crippen molar-refractivity contribution in [2.45, 2.75) is 27.3 Å². The standard InChI is InChI=1S/C20H24N8O2/c1-14-15(2)21-13-27(20(14)30)12-19(29)26-9-7-25(8-10-26)17-11-18(24-16(3)23-17)28-6-4-5-22-28/h4-6,11,13H,7-10,12H2,1-3H3. The van der Waals surface area contributed by atoms with Gasteiger partial charge in [0.2, 0.25) is 5.91 Å². The van der Waals surface area contributed by atoms with Crippen molar-refractivity contribution < 1.29 is 4.79 Å². The zero-order valence-corrected chi connectivity index (χ0v) is 17.3. The molecule has 10 heteroatoms. The Labute approximate surface area is 173 Å². The van der Waals surface area contributed by atoms with Crippen LogP contribution in [-0.2, 0) is 11.3 Å². The van der Waals surface area contributed by atoms with Crippen molar-refractivity contribution in [2.24, 2.45) is 0 Å². The molecule has 0 aliphatic carbocycles. The van der Waals surface area contributed by atoms with Gasteiger partial charge in [-0.1, -0.05) is 0 Å². The van der Waals surface area contributed by atoms with Crippen molar-refractivity contribution in [3.63, 3.8) is 0 Å². The molecule has 0 unspecified atom stereocenters. The van der Waals surface area contributed by atoms with Gasteiger partial charge in [0.15, 0.2) is 5.82 Å². The molecular weight excluding hydrogens is 384 g/mol. The molecule has 10 nitrogen and oxygen atoms in total. The second kappa shape index (κ2) is 8.05. The smallest absolute Gasteiger partial charge is 0.256 e. The Bertz CT molecular complexity index is 1110. The highest BCUT2D eigenvalue weighted by molar-refractivity contribution is 5.76. The van der Waals surface area contributed by atoms with Gasteiger partial charge >= 0.3 is 0 Å². The van der Waals surface area contributed by atoms with Gasteiger partial charge in [0, 0.05) is 55.9 Å². The van der Waals surface area contributed by atoms with Crippen molar-refractivity contribution in [1.82, 2.24) is 34.2 Å². The van der Waals surface area contributed by atoms with Gasteiger partial charge in [0.1, 0.15) is 18.2 Å². The monoisotopic (exact) mass is 408 g/mol. The van der Waals surface area contributed by atoms with E-state index >= 15 is 0 Å². The zero-order chi connectivity index (χ0) is 21.3. The first-order chi connectivity index (χ1) is 14.4. The summed E-state index contributed by atoms with van der Waals surface area (Å²) >= 11 is 0. The minimum absolute atomic E-state index is 0.00299. The molecule has 0 N–H and O–H groups in total. The molecule has 0 atom stereocenters. The highest BCUT2D eigenvalue weighted by atomic mass is 16.2. The first kappa shape index (κ1) is 19.7. The summed E-state index contributed by atoms with van der Waals surface area (Å²) in [5, 5.41) is 4.23. The zero-order valence-electron chi connectivity index (χ0n) is 17.3. The Balaban J connectivity index is 1.42. The lowest BCUT2D eigenvalue weighted by atomic mass is 10.2. The normalized spacial score (nSPS) is 14.2. The van der Waals surface area contributed by atoms with Crippen LogP contribution in [0.2, 0.25) is 0 Å². The van der Waals surface area contributed by atoms with Crippen LogP contribution < -0.4 is 10.5 Å². The number of hydrogen-bond acceptors (Lipinski definition) is 7. The Kier molecular flexibility index (Phi) is 5.30. The summed E-state index contributed by atoms with van der Waals surface area (Å²) in [6, 6.07) is 3.75. The second-order valence-corrected chi connectivity index (χ2v) is 7.34. The lowest BCUT2D eigenvalue weighted by Gasteiger charge is -2.35. The number of anilines is 1. The van der Waals surface area contributed by atoms with E-state index in [-0.39, 0.29) is 18.0 Å². The molecule has 0 bridgehead atoms. The number of rotatable bonds is 4. The average Bonchev–Trinajstić information content (AvgIpc) is 3.29. The molecule has 30 heavy (non-hydrogen) atoms. The number of hydrogen-bond donors (Lipinski definition) is 0. The molecule has 4 rings (SSSR count). The molecule has 0 radical (unpaired) electrons. The number of nitrogens with zero attached hydrogens (tertiary/aromatic N) is 8. The van der Waals surface area contributed by atoms with E-state index < -0.39 is 0 Å². The van der Waals surface area contributed by atoms with Crippen LogP contribution in [0, 0.1) is 20.8 Å². The molecule has 156 valence electrons. The maximum atomic E-state index is 12.7. The van der Waals surface area contributed by atoms with E-state index in [9.17, 15) is 9.59 Å². The minimum atomic E-state index is -0.169. The molecule has 3 aromatic heterocycles. The summed E-state index contributed by atoms with van der Waals surface area (Å²) in [7, 11) is 0. The molecular formula is C20H24N8O2.